The van der Waals surface area contributed by atoms with Crippen molar-refractivity contribution in [3.63, 3.8) is 0 Å². The molecule has 10 heteroatoms. The summed E-state index contributed by atoms with van der Waals surface area (Å²) in [5.74, 6) is -0.519. The van der Waals surface area contributed by atoms with E-state index in [1.54, 1.807) is 0 Å². The van der Waals surface area contributed by atoms with Gasteiger partial charge in [0.05, 0.1) is 33.8 Å². The Morgan fingerprint density at radius 2 is 0.736 bits per heavy atom. The first-order valence-corrected chi connectivity index (χ1v) is 37.7. The lowest BCUT2D eigenvalue weighted by Gasteiger charge is -2.27. The summed E-state index contributed by atoms with van der Waals surface area (Å²) in [4.78, 5) is 38.0. The van der Waals surface area contributed by atoms with Crippen LogP contribution in [0, 0.1) is 0 Å². The van der Waals surface area contributed by atoms with Gasteiger partial charge in [0.25, 0.3) is 0 Å². The quantitative estimate of drug-likeness (QED) is 0.0205. The SMILES string of the molecule is CC/C=C\C/C=C\C/C=C\C/C=C\C/C=C\C/C=C\CCCCCCCCC(=O)NC(COP(=O)(O)OCC[N+](C)(C)C)C(/C=C/CCCCCCCCCCCCC)OC(=O)CCCCCCCCCCCCCCC/C=C\C/C=C\CCCCC. The number of phosphoric acid groups is 1. The van der Waals surface area contributed by atoms with E-state index in [9.17, 15) is 19.0 Å². The Hall–Kier alpha value is -3.33. The molecular weight excluding hydrogens is 1100 g/mol. The zero-order valence-corrected chi connectivity index (χ0v) is 58.4. The van der Waals surface area contributed by atoms with Crippen LogP contribution in [0.2, 0.25) is 0 Å². The predicted octanol–water partition coefficient (Wildman–Crippen LogP) is 23.2. The Kier molecular flexibility index (Phi) is 63.1. The molecule has 87 heavy (non-hydrogen) atoms. The first-order valence-electron chi connectivity index (χ1n) is 36.2. The molecule has 0 heterocycles. The molecule has 0 aliphatic heterocycles. The maximum absolute atomic E-state index is 13.6. The molecular formula is C77H138N2O7P+. The highest BCUT2D eigenvalue weighted by molar-refractivity contribution is 7.47. The third kappa shape index (κ3) is 66.9. The summed E-state index contributed by atoms with van der Waals surface area (Å²) in [6.45, 7) is 6.89. The minimum atomic E-state index is -4.47. The van der Waals surface area contributed by atoms with Gasteiger partial charge in [-0.2, -0.15) is 0 Å². The fourth-order valence-corrected chi connectivity index (χ4v) is 10.9. The number of allylic oxidation sites excluding steroid dienone is 17. The van der Waals surface area contributed by atoms with Crippen LogP contribution in [0.1, 0.15) is 316 Å². The molecule has 0 saturated heterocycles. The van der Waals surface area contributed by atoms with Gasteiger partial charge in [-0.25, -0.2) is 4.57 Å². The van der Waals surface area contributed by atoms with Gasteiger partial charge in [0.2, 0.25) is 5.91 Å². The standard InChI is InChI=1S/C77H137N2O7P/c1-7-10-13-16-19-22-25-28-30-32-34-36-38-39-41-42-44-46-48-51-54-57-60-63-66-69-76(80)78-74(73-85-87(82,83)84-72-71-79(4,5)6)75(68-65-62-59-56-53-50-27-24-21-18-15-12-9-3)86-77(81)70-67-64-61-58-55-52-49-47-45-43-40-37-35-33-31-29-26-23-20-17-14-11-8-2/h10,13,19-20,22-23,28-31,34,36,39,41,44,46,65,68,74-75H,7-9,11-12,14-18,21,24-27,32-33,35,37-38,40,42-43,45,47-64,66-67,69-73H2,1-6H3,(H-,78,80,82,83)/p+1/b13-10-,22-19-,23-20-,30-28-,31-29-,36-34-,41-39-,46-44-,68-65+. The van der Waals surface area contributed by atoms with Crippen LogP contribution in [-0.2, 0) is 27.9 Å². The van der Waals surface area contributed by atoms with Gasteiger partial charge in [-0.15, -0.1) is 0 Å². The Morgan fingerprint density at radius 3 is 1.13 bits per heavy atom. The maximum atomic E-state index is 13.6. The molecule has 0 aromatic rings. The van der Waals surface area contributed by atoms with E-state index >= 15 is 0 Å². The number of hydrogen-bond acceptors (Lipinski definition) is 6. The van der Waals surface area contributed by atoms with Crippen molar-refractivity contribution in [2.45, 2.75) is 328 Å². The normalized spacial score (nSPS) is 14.1. The Bertz CT molecular complexity index is 1860. The lowest BCUT2D eigenvalue weighted by atomic mass is 10.0. The second-order valence-electron chi connectivity index (χ2n) is 25.4. The van der Waals surface area contributed by atoms with Crippen molar-refractivity contribution < 1.29 is 37.3 Å². The zero-order chi connectivity index (χ0) is 63.5. The fraction of sp³-hybridized carbons (Fsp3) is 0.740. The first kappa shape index (κ1) is 83.7. The van der Waals surface area contributed by atoms with E-state index in [0.29, 0.717) is 17.4 Å². The van der Waals surface area contributed by atoms with Gasteiger partial charge >= 0.3 is 13.8 Å². The van der Waals surface area contributed by atoms with Gasteiger partial charge in [0, 0.05) is 12.8 Å². The number of ether oxygens (including phenoxy) is 1. The number of nitrogens with one attached hydrogen (secondary N) is 1. The number of phosphoric ester groups is 1. The van der Waals surface area contributed by atoms with Gasteiger partial charge in [-0.05, 0) is 115 Å². The minimum Gasteiger partial charge on any atom is -0.456 e. The van der Waals surface area contributed by atoms with E-state index in [1.165, 1.54) is 154 Å². The number of unbranched alkanes of at least 4 members (excludes halogenated alkanes) is 33. The third-order valence-electron chi connectivity index (χ3n) is 15.7. The van der Waals surface area contributed by atoms with Crippen molar-refractivity contribution in [3.05, 3.63) is 109 Å². The minimum absolute atomic E-state index is 0.0326. The lowest BCUT2D eigenvalue weighted by molar-refractivity contribution is -0.870. The molecule has 0 spiro atoms. The summed E-state index contributed by atoms with van der Waals surface area (Å²) < 4.78 is 30.9. The smallest absolute Gasteiger partial charge is 0.456 e. The molecule has 0 aliphatic rings. The summed E-state index contributed by atoms with van der Waals surface area (Å²) in [6.07, 6.45) is 90.9. The topological polar surface area (TPSA) is 111 Å². The molecule has 3 atom stereocenters. The number of quaternary nitrogens is 1. The van der Waals surface area contributed by atoms with Crippen LogP contribution in [0.3, 0.4) is 0 Å². The van der Waals surface area contributed by atoms with Gasteiger partial charge in [0.15, 0.2) is 0 Å². The summed E-state index contributed by atoms with van der Waals surface area (Å²) in [6, 6.07) is -0.864. The Morgan fingerprint density at radius 1 is 0.414 bits per heavy atom. The van der Waals surface area contributed by atoms with Crippen LogP contribution >= 0.6 is 7.82 Å². The second kappa shape index (κ2) is 65.6. The number of nitrogens with zero attached hydrogens (tertiary/aromatic N) is 1. The molecule has 0 radical (unpaired) electrons. The molecule has 0 aromatic heterocycles. The van der Waals surface area contributed by atoms with E-state index in [0.717, 1.165) is 128 Å². The number of rotatable bonds is 65. The van der Waals surface area contributed by atoms with Crippen molar-refractivity contribution >= 4 is 19.7 Å². The number of carbonyl (C=O) groups is 2. The number of likely N-dealkylation sites (N-methyl/N-ethyl adjacent to an activating group) is 1. The molecule has 0 fully saturated rings. The lowest BCUT2D eigenvalue weighted by Crippen LogP contribution is -2.47. The average molecular weight is 1230 g/mol. The van der Waals surface area contributed by atoms with E-state index in [2.05, 4.69) is 123 Å². The van der Waals surface area contributed by atoms with Crippen molar-refractivity contribution in [1.82, 2.24) is 5.32 Å². The van der Waals surface area contributed by atoms with Gasteiger partial charge in [-0.1, -0.05) is 297 Å². The molecule has 0 aliphatic carbocycles. The second-order valence-corrected chi connectivity index (χ2v) is 26.8. The summed E-state index contributed by atoms with van der Waals surface area (Å²) >= 11 is 0. The third-order valence-corrected chi connectivity index (χ3v) is 16.7. The van der Waals surface area contributed by atoms with Gasteiger partial charge < -0.3 is 19.4 Å². The van der Waals surface area contributed by atoms with Gasteiger partial charge in [0.1, 0.15) is 19.3 Å². The van der Waals surface area contributed by atoms with Crippen LogP contribution in [0.25, 0.3) is 0 Å². The van der Waals surface area contributed by atoms with E-state index in [4.69, 9.17) is 13.8 Å². The molecule has 0 saturated carbocycles. The predicted molar refractivity (Wildman–Crippen MR) is 378 cm³/mol. The highest BCUT2D eigenvalue weighted by Gasteiger charge is 2.30. The summed E-state index contributed by atoms with van der Waals surface area (Å²) in [5, 5.41) is 3.07. The highest BCUT2D eigenvalue weighted by atomic mass is 31.2. The van der Waals surface area contributed by atoms with Crippen molar-refractivity contribution in [3.8, 4) is 0 Å². The number of amides is 1. The van der Waals surface area contributed by atoms with Crippen LogP contribution in [-0.4, -0.2) is 74.3 Å². The molecule has 0 rings (SSSR count). The Balaban J connectivity index is 5.14. The number of carbonyl (C=O) groups excluding carboxylic acids is 2. The number of esters is 1. The highest BCUT2D eigenvalue weighted by Crippen LogP contribution is 2.43. The molecule has 3 unspecified atom stereocenters. The van der Waals surface area contributed by atoms with Crippen LogP contribution < -0.4 is 5.32 Å². The Labute approximate surface area is 538 Å². The van der Waals surface area contributed by atoms with Crippen molar-refractivity contribution in [2.75, 3.05) is 40.9 Å². The van der Waals surface area contributed by atoms with E-state index in [-0.39, 0.29) is 31.5 Å². The van der Waals surface area contributed by atoms with Crippen LogP contribution in [0.4, 0.5) is 0 Å². The summed E-state index contributed by atoms with van der Waals surface area (Å²) in [7, 11) is 1.48. The van der Waals surface area contributed by atoms with Crippen LogP contribution in [0.15, 0.2) is 109 Å². The van der Waals surface area contributed by atoms with Crippen molar-refractivity contribution in [2.24, 2.45) is 0 Å². The first-order chi connectivity index (χ1) is 42.4. The summed E-state index contributed by atoms with van der Waals surface area (Å²) in [5.41, 5.74) is 0. The number of hydrogen-bond donors (Lipinski definition) is 2. The molecule has 1 amide bonds. The molecule has 502 valence electrons. The van der Waals surface area contributed by atoms with Gasteiger partial charge in [-0.3, -0.25) is 18.6 Å². The van der Waals surface area contributed by atoms with Crippen molar-refractivity contribution in [1.29, 1.82) is 0 Å². The monoisotopic (exact) mass is 1230 g/mol. The maximum Gasteiger partial charge on any atom is 0.472 e. The van der Waals surface area contributed by atoms with Crippen LogP contribution in [0.5, 0.6) is 0 Å². The molecule has 2 N–H and O–H groups in total. The average Bonchev–Trinajstić information content (AvgIpc) is 3.70. The fourth-order valence-electron chi connectivity index (χ4n) is 10.2. The van der Waals surface area contributed by atoms with E-state index in [1.807, 2.05) is 33.3 Å². The largest absolute Gasteiger partial charge is 0.472 e. The molecule has 0 aromatic carbocycles. The van der Waals surface area contributed by atoms with E-state index < -0.39 is 20.0 Å². The molecule has 9 nitrogen and oxygen atoms in total. The zero-order valence-electron chi connectivity index (χ0n) is 57.5. The molecule has 0 bridgehead atoms.